The van der Waals surface area contributed by atoms with Gasteiger partial charge < -0.3 is 20.1 Å². The van der Waals surface area contributed by atoms with Crippen molar-refractivity contribution in [3.05, 3.63) is 18.2 Å². The number of fused-ring (bicyclic) bond motifs is 1. The van der Waals surface area contributed by atoms with Crippen molar-refractivity contribution in [2.75, 3.05) is 57.8 Å². The summed E-state index contributed by atoms with van der Waals surface area (Å²) in [5, 5.41) is 5.92. The molecular formula is C21H32N4O4. The van der Waals surface area contributed by atoms with Crippen molar-refractivity contribution in [3.63, 3.8) is 0 Å². The molecule has 3 rings (SSSR count). The highest BCUT2D eigenvalue weighted by molar-refractivity contribution is 5.92. The summed E-state index contributed by atoms with van der Waals surface area (Å²) in [6.45, 7) is 11.0. The van der Waals surface area contributed by atoms with Crippen LogP contribution in [0.2, 0.25) is 0 Å². The number of piperazine rings is 1. The number of nitrogens with zero attached hydrogens (tertiary/aromatic N) is 2. The fourth-order valence-electron chi connectivity index (χ4n) is 3.41. The Bertz CT molecular complexity index is 724. The molecule has 0 aliphatic carbocycles. The van der Waals surface area contributed by atoms with Crippen LogP contribution in [0.3, 0.4) is 0 Å². The molecule has 1 aromatic rings. The highest BCUT2D eigenvalue weighted by Gasteiger charge is 2.22. The summed E-state index contributed by atoms with van der Waals surface area (Å²) in [7, 11) is 0. The summed E-state index contributed by atoms with van der Waals surface area (Å²) >= 11 is 0. The van der Waals surface area contributed by atoms with E-state index in [2.05, 4.69) is 20.4 Å². The monoisotopic (exact) mass is 404 g/mol. The molecule has 2 heterocycles. The highest BCUT2D eigenvalue weighted by Crippen LogP contribution is 2.32. The van der Waals surface area contributed by atoms with E-state index >= 15 is 0 Å². The first-order valence-corrected chi connectivity index (χ1v) is 10.2. The van der Waals surface area contributed by atoms with Gasteiger partial charge in [0.25, 0.3) is 0 Å². The Morgan fingerprint density at radius 3 is 2.14 bits per heavy atom. The van der Waals surface area contributed by atoms with E-state index in [9.17, 15) is 9.59 Å². The minimum Gasteiger partial charge on any atom is -0.490 e. The summed E-state index contributed by atoms with van der Waals surface area (Å²) in [6, 6.07) is 5.47. The van der Waals surface area contributed by atoms with Gasteiger partial charge in [-0.2, -0.15) is 0 Å². The Labute approximate surface area is 172 Å². The van der Waals surface area contributed by atoms with Crippen molar-refractivity contribution in [1.82, 2.24) is 15.1 Å². The van der Waals surface area contributed by atoms with Gasteiger partial charge in [-0.15, -0.1) is 0 Å². The van der Waals surface area contributed by atoms with Gasteiger partial charge in [0.05, 0.1) is 26.3 Å². The van der Waals surface area contributed by atoms with Crippen LogP contribution >= 0.6 is 0 Å². The topological polar surface area (TPSA) is 83.1 Å². The lowest BCUT2D eigenvalue weighted by atomic mass is 10.1. The van der Waals surface area contributed by atoms with Gasteiger partial charge in [0, 0.05) is 49.9 Å². The maximum atomic E-state index is 12.4. The normalized spacial score (nSPS) is 18.0. The van der Waals surface area contributed by atoms with Gasteiger partial charge in [-0.3, -0.25) is 19.4 Å². The highest BCUT2D eigenvalue weighted by atomic mass is 16.5. The minimum absolute atomic E-state index is 0.0399. The van der Waals surface area contributed by atoms with Gasteiger partial charge in [0.15, 0.2) is 11.5 Å². The molecule has 0 radical (unpaired) electrons. The predicted octanol–water partition coefficient (Wildman–Crippen LogP) is 1.32. The van der Waals surface area contributed by atoms with Crippen molar-refractivity contribution in [3.8, 4) is 11.5 Å². The molecule has 0 aromatic heterocycles. The molecule has 2 N–H and O–H groups in total. The first-order chi connectivity index (χ1) is 13.8. The first-order valence-electron chi connectivity index (χ1n) is 10.2. The Kier molecular flexibility index (Phi) is 6.97. The molecule has 0 bridgehead atoms. The number of anilines is 1. The number of amides is 2. The Hall–Kier alpha value is -2.32. The molecule has 2 aliphatic rings. The Morgan fingerprint density at radius 2 is 1.52 bits per heavy atom. The van der Waals surface area contributed by atoms with Gasteiger partial charge in [-0.1, -0.05) is 0 Å². The number of rotatable bonds is 5. The van der Waals surface area contributed by atoms with Crippen LogP contribution in [0.15, 0.2) is 18.2 Å². The number of benzene rings is 1. The van der Waals surface area contributed by atoms with E-state index in [-0.39, 0.29) is 17.4 Å². The van der Waals surface area contributed by atoms with E-state index in [1.807, 2.05) is 39.0 Å². The van der Waals surface area contributed by atoms with Crippen LogP contribution in [-0.2, 0) is 9.59 Å². The van der Waals surface area contributed by atoms with Gasteiger partial charge in [0.2, 0.25) is 11.8 Å². The van der Waals surface area contributed by atoms with Gasteiger partial charge in [0.1, 0.15) is 0 Å². The third-order valence-electron chi connectivity index (χ3n) is 4.75. The summed E-state index contributed by atoms with van der Waals surface area (Å²) in [6.07, 6.45) is 0.847. The van der Waals surface area contributed by atoms with Crippen molar-refractivity contribution < 1.29 is 19.1 Å². The summed E-state index contributed by atoms with van der Waals surface area (Å²) < 4.78 is 11.3. The van der Waals surface area contributed by atoms with E-state index < -0.39 is 0 Å². The van der Waals surface area contributed by atoms with Crippen LogP contribution in [0.4, 0.5) is 5.69 Å². The quantitative estimate of drug-likeness (QED) is 0.770. The average Bonchev–Trinajstić information content (AvgIpc) is 2.86. The molecule has 0 saturated carbocycles. The molecule has 29 heavy (non-hydrogen) atoms. The molecule has 8 nitrogen and oxygen atoms in total. The lowest BCUT2D eigenvalue weighted by molar-refractivity contribution is -0.124. The standard InChI is InChI=1S/C21H32N4O4/c1-21(2,3)23-20(27)15-25-9-7-24(8-10-25)14-19(26)22-16-5-6-17-18(13-16)29-12-4-11-28-17/h5-6,13H,4,7-12,14-15H2,1-3H3,(H,22,26)(H,23,27). The smallest absolute Gasteiger partial charge is 0.238 e. The fourth-order valence-corrected chi connectivity index (χ4v) is 3.41. The average molecular weight is 405 g/mol. The maximum Gasteiger partial charge on any atom is 0.238 e. The zero-order valence-electron chi connectivity index (χ0n) is 17.6. The second-order valence-corrected chi connectivity index (χ2v) is 8.61. The van der Waals surface area contributed by atoms with E-state index in [0.717, 1.165) is 32.6 Å². The molecule has 1 aromatic carbocycles. The molecular weight excluding hydrogens is 372 g/mol. The number of nitrogens with one attached hydrogen (secondary N) is 2. The largest absolute Gasteiger partial charge is 0.490 e. The Balaban J connectivity index is 1.42. The van der Waals surface area contributed by atoms with Gasteiger partial charge >= 0.3 is 0 Å². The number of hydrogen-bond donors (Lipinski definition) is 2. The number of carbonyl (C=O) groups is 2. The predicted molar refractivity (Wildman–Crippen MR) is 111 cm³/mol. The summed E-state index contributed by atoms with van der Waals surface area (Å²) in [5.74, 6) is 1.37. The number of carbonyl (C=O) groups excluding carboxylic acids is 2. The molecule has 0 spiro atoms. The van der Waals surface area contributed by atoms with Crippen molar-refractivity contribution >= 4 is 17.5 Å². The minimum atomic E-state index is -0.218. The number of ether oxygens (including phenoxy) is 2. The van der Waals surface area contributed by atoms with Crippen molar-refractivity contribution in [1.29, 1.82) is 0 Å². The van der Waals surface area contributed by atoms with Gasteiger partial charge in [-0.05, 0) is 32.9 Å². The second kappa shape index (κ2) is 9.45. The van der Waals surface area contributed by atoms with Crippen molar-refractivity contribution in [2.45, 2.75) is 32.7 Å². The van der Waals surface area contributed by atoms with E-state index in [1.165, 1.54) is 0 Å². The number of hydrogen-bond acceptors (Lipinski definition) is 6. The molecule has 0 atom stereocenters. The maximum absolute atomic E-state index is 12.4. The van der Waals surface area contributed by atoms with E-state index in [1.54, 1.807) is 0 Å². The Morgan fingerprint density at radius 1 is 0.931 bits per heavy atom. The summed E-state index contributed by atoms with van der Waals surface area (Å²) in [5.41, 5.74) is 0.487. The SMILES string of the molecule is CC(C)(C)NC(=O)CN1CCN(CC(=O)Nc2ccc3c(c2)OCCCO3)CC1. The zero-order chi connectivity index (χ0) is 20.9. The molecule has 0 unspecified atom stereocenters. The van der Waals surface area contributed by atoms with Crippen LogP contribution in [0.1, 0.15) is 27.2 Å². The zero-order valence-corrected chi connectivity index (χ0v) is 17.6. The molecule has 1 fully saturated rings. The van der Waals surface area contributed by atoms with E-state index in [4.69, 9.17) is 9.47 Å². The lowest BCUT2D eigenvalue weighted by Gasteiger charge is -2.34. The third kappa shape index (κ3) is 6.90. The van der Waals surface area contributed by atoms with Crippen LogP contribution in [0.5, 0.6) is 11.5 Å². The van der Waals surface area contributed by atoms with Crippen molar-refractivity contribution in [2.24, 2.45) is 0 Å². The second-order valence-electron chi connectivity index (χ2n) is 8.61. The van der Waals surface area contributed by atoms with Crippen LogP contribution in [0, 0.1) is 0 Å². The molecule has 8 heteroatoms. The van der Waals surface area contributed by atoms with Gasteiger partial charge in [-0.25, -0.2) is 0 Å². The van der Waals surface area contributed by atoms with Crippen LogP contribution in [0.25, 0.3) is 0 Å². The van der Waals surface area contributed by atoms with Crippen LogP contribution < -0.4 is 20.1 Å². The molecule has 1 saturated heterocycles. The van der Waals surface area contributed by atoms with Crippen LogP contribution in [-0.4, -0.2) is 79.6 Å². The first kappa shape index (κ1) is 21.4. The summed E-state index contributed by atoms with van der Waals surface area (Å²) in [4.78, 5) is 28.7. The molecule has 2 aliphatic heterocycles. The lowest BCUT2D eigenvalue weighted by Crippen LogP contribution is -2.52. The third-order valence-corrected chi connectivity index (χ3v) is 4.75. The fraction of sp³-hybridized carbons (Fsp3) is 0.619. The van der Waals surface area contributed by atoms with E-state index in [0.29, 0.717) is 43.5 Å². The molecule has 2 amide bonds. The molecule has 160 valence electrons.